The van der Waals surface area contributed by atoms with Crippen LogP contribution in [0.1, 0.15) is 99.5 Å². The summed E-state index contributed by atoms with van der Waals surface area (Å²) in [5, 5.41) is 0. The number of methoxy groups -OCH3 is 1. The van der Waals surface area contributed by atoms with E-state index in [9.17, 15) is 9.59 Å². The van der Waals surface area contributed by atoms with Gasteiger partial charge < -0.3 is 23.5 Å². The van der Waals surface area contributed by atoms with E-state index in [1.165, 1.54) is 25.6 Å². The van der Waals surface area contributed by atoms with Crippen molar-refractivity contribution in [2.75, 3.05) is 42.5 Å². The molecule has 2 heterocycles. The Bertz CT molecular complexity index is 1870. The summed E-state index contributed by atoms with van der Waals surface area (Å²) in [5.41, 5.74) is 5.13. The van der Waals surface area contributed by atoms with Gasteiger partial charge in [-0.2, -0.15) is 0 Å². The quantitative estimate of drug-likeness (QED) is 0.0170. The van der Waals surface area contributed by atoms with Crippen molar-refractivity contribution in [1.29, 1.82) is 0 Å². The van der Waals surface area contributed by atoms with Gasteiger partial charge in [-0.1, -0.05) is 84.2 Å². The number of benzene rings is 2. The summed E-state index contributed by atoms with van der Waals surface area (Å²) in [7, 11) is 1.53. The molecule has 0 N–H and O–H groups in total. The summed E-state index contributed by atoms with van der Waals surface area (Å²) >= 11 is 1.07. The highest BCUT2D eigenvalue weighted by atomic mass is 32.2. The average Bonchev–Trinajstić information content (AvgIpc) is 3.99. The Labute approximate surface area is 366 Å². The smallest absolute Gasteiger partial charge is 0.250 e. The molecule has 2 aromatic carbocycles. The Kier molecular flexibility index (Phi) is 24.0. The second-order valence-corrected chi connectivity index (χ2v) is 14.3. The monoisotopic (exact) mass is 839 g/mol. The third-order valence-corrected chi connectivity index (χ3v) is 10.1. The van der Waals surface area contributed by atoms with Crippen LogP contribution in [-0.4, -0.2) is 61.3 Å². The molecule has 0 aliphatic carbocycles. The first kappa shape index (κ1) is 50.9. The Morgan fingerprint density at radius 3 is 2.23 bits per heavy atom. The van der Waals surface area contributed by atoms with Crippen molar-refractivity contribution in [3.05, 3.63) is 132 Å². The van der Waals surface area contributed by atoms with Crippen molar-refractivity contribution in [2.24, 2.45) is 4.99 Å². The minimum atomic E-state index is -0.167. The number of rotatable bonds is 18. The number of aryl methyl sites for hydroxylation is 1. The molecule has 0 aromatic heterocycles. The fourth-order valence-corrected chi connectivity index (χ4v) is 7.14. The fraction of sp³-hybridized carbons (Fsp3) is 0.420. The highest BCUT2D eigenvalue weighted by molar-refractivity contribution is 7.94. The van der Waals surface area contributed by atoms with Crippen molar-refractivity contribution in [2.45, 2.75) is 107 Å². The van der Waals surface area contributed by atoms with Crippen LogP contribution in [0.4, 0.5) is 17.1 Å². The molecule has 2 aliphatic heterocycles. The summed E-state index contributed by atoms with van der Waals surface area (Å²) in [4.78, 5) is 37.7. The van der Waals surface area contributed by atoms with Crippen LogP contribution in [0.5, 0.6) is 5.75 Å². The van der Waals surface area contributed by atoms with Crippen molar-refractivity contribution < 1.29 is 23.2 Å². The predicted molar refractivity (Wildman–Crippen MR) is 256 cm³/mol. The normalized spacial score (nSPS) is 16.1. The zero-order chi connectivity index (χ0) is 44.5. The largest absolute Gasteiger partial charge is 0.493 e. The lowest BCUT2D eigenvalue weighted by Gasteiger charge is -2.25. The maximum atomic E-state index is 13.3. The third-order valence-electron chi connectivity index (χ3n) is 9.59. The van der Waals surface area contributed by atoms with Gasteiger partial charge in [-0.05, 0) is 125 Å². The number of amides is 2. The maximum absolute atomic E-state index is 13.3. The van der Waals surface area contributed by atoms with Crippen LogP contribution in [0.3, 0.4) is 0 Å². The second kappa shape index (κ2) is 28.3. The van der Waals surface area contributed by atoms with Crippen molar-refractivity contribution >= 4 is 46.8 Å². The van der Waals surface area contributed by atoms with E-state index in [-0.39, 0.29) is 23.8 Å². The third kappa shape index (κ3) is 15.4. The van der Waals surface area contributed by atoms with Crippen LogP contribution in [0.15, 0.2) is 132 Å². The number of carbonyl (C=O) groups excluding carboxylic acids is 2. The van der Waals surface area contributed by atoms with Crippen molar-refractivity contribution in [3.8, 4) is 5.75 Å². The molecule has 10 heteroatoms. The van der Waals surface area contributed by atoms with Gasteiger partial charge in [-0.3, -0.25) is 14.5 Å². The summed E-state index contributed by atoms with van der Waals surface area (Å²) in [5.74, 6) is 1.88. The topological polar surface area (TPSA) is 83.9 Å². The molecule has 1 unspecified atom stereocenters. The minimum absolute atomic E-state index is 0.0269. The molecule has 326 valence electrons. The Morgan fingerprint density at radius 2 is 1.63 bits per heavy atom. The van der Waals surface area contributed by atoms with Crippen LogP contribution >= 0.6 is 12.0 Å². The van der Waals surface area contributed by atoms with Gasteiger partial charge in [0.05, 0.1) is 36.6 Å². The molecule has 4 rings (SSSR count). The van der Waals surface area contributed by atoms with Crippen molar-refractivity contribution in [3.63, 3.8) is 0 Å². The molecule has 0 radical (unpaired) electrons. The van der Waals surface area contributed by atoms with E-state index in [4.69, 9.17) is 18.6 Å². The number of nitrogens with zero attached hydrogens (tertiary/aromatic N) is 4. The zero-order valence-corrected chi connectivity index (χ0v) is 38.8. The van der Waals surface area contributed by atoms with Gasteiger partial charge >= 0.3 is 0 Å². The summed E-state index contributed by atoms with van der Waals surface area (Å²) in [6, 6.07) is 13.8. The standard InChI is InChI=1S/C46H58N4O5S.2C2H6/c1-9-12-14-15-19-34(4)45(47-42-27-24-40(31-35(42)5)48-28-16-17-29-48)50(37(7)51)39-22-25-41(26-23-39)54-33-56-55-43(11-3)44(53-8)32-36(6)46(52)49-30-18-21-38(49)20-13-10-2;2*1-2/h9,11-14,19-20,22-27,31-32,38H,1,3,10,15-18,21,28-30,33H2,2,4-8H3;2*1-2H3/b14-12?,20-13+,34-19+,36-32+,44-43-,47-45?;;. The van der Waals surface area contributed by atoms with Crippen molar-refractivity contribution in [1.82, 2.24) is 4.90 Å². The molecule has 2 saturated heterocycles. The molecule has 2 amide bonds. The van der Waals surface area contributed by atoms with E-state index in [0.717, 1.165) is 67.8 Å². The lowest BCUT2D eigenvalue weighted by atomic mass is 10.1. The first-order valence-corrected chi connectivity index (χ1v) is 22.3. The van der Waals surface area contributed by atoms with Gasteiger partial charge in [0, 0.05) is 37.8 Å². The Balaban J connectivity index is 0.00000301. The number of hydrogen-bond acceptors (Lipinski definition) is 8. The lowest BCUT2D eigenvalue weighted by molar-refractivity contribution is -0.127. The van der Waals surface area contributed by atoms with E-state index < -0.39 is 0 Å². The maximum Gasteiger partial charge on any atom is 0.250 e. The summed E-state index contributed by atoms with van der Waals surface area (Å²) in [6.07, 6.45) is 21.1. The molecule has 2 fully saturated rings. The van der Waals surface area contributed by atoms with Gasteiger partial charge in [-0.15, -0.1) is 0 Å². The number of amidine groups is 1. The van der Waals surface area contributed by atoms with Crippen LogP contribution in [-0.2, 0) is 18.5 Å². The summed E-state index contributed by atoms with van der Waals surface area (Å²) < 4.78 is 17.5. The Hall–Kier alpha value is -5.22. The Morgan fingerprint density at radius 1 is 0.933 bits per heavy atom. The minimum Gasteiger partial charge on any atom is -0.493 e. The van der Waals surface area contributed by atoms with E-state index in [1.54, 1.807) is 37.0 Å². The van der Waals surface area contributed by atoms with E-state index in [0.29, 0.717) is 40.8 Å². The van der Waals surface area contributed by atoms with Crippen LogP contribution in [0.25, 0.3) is 0 Å². The molecule has 0 saturated carbocycles. The highest BCUT2D eigenvalue weighted by Gasteiger charge is 2.28. The molecule has 2 aromatic rings. The molecule has 9 nitrogen and oxygen atoms in total. The molecular weight excluding hydrogens is 769 g/mol. The molecule has 60 heavy (non-hydrogen) atoms. The molecule has 0 bridgehead atoms. The second-order valence-electron chi connectivity index (χ2n) is 13.7. The van der Waals surface area contributed by atoms with Gasteiger partial charge in [0.1, 0.15) is 11.6 Å². The summed E-state index contributed by atoms with van der Waals surface area (Å²) in [6.45, 7) is 28.0. The predicted octanol–water partition coefficient (Wildman–Crippen LogP) is 12.8. The number of hydrogen-bond donors (Lipinski definition) is 0. The number of carbonyl (C=O) groups is 2. The number of likely N-dealkylation sites (tertiary alicyclic amines) is 1. The first-order chi connectivity index (χ1) is 29.1. The number of anilines is 2. The van der Waals surface area contributed by atoms with Crippen LogP contribution in [0, 0.1) is 6.92 Å². The van der Waals surface area contributed by atoms with Crippen LogP contribution < -0.4 is 14.5 Å². The molecule has 2 aliphatic rings. The molecule has 1 atom stereocenters. The number of aliphatic imine (C=N–C) groups is 1. The van der Waals surface area contributed by atoms with E-state index in [2.05, 4.69) is 62.3 Å². The van der Waals surface area contributed by atoms with Gasteiger partial charge in [0.25, 0.3) is 0 Å². The van der Waals surface area contributed by atoms with E-state index in [1.807, 2.05) is 82.0 Å². The molecule has 0 spiro atoms. The average molecular weight is 839 g/mol. The van der Waals surface area contributed by atoms with Crippen LogP contribution in [0.2, 0.25) is 0 Å². The van der Waals surface area contributed by atoms with E-state index >= 15 is 0 Å². The lowest BCUT2D eigenvalue weighted by Crippen LogP contribution is -2.36. The molecular formula is C50H70N4O5S. The van der Waals surface area contributed by atoms with Gasteiger partial charge in [0.15, 0.2) is 17.5 Å². The van der Waals surface area contributed by atoms with Gasteiger partial charge in [0.2, 0.25) is 11.8 Å². The van der Waals surface area contributed by atoms with Gasteiger partial charge in [-0.25, -0.2) is 4.99 Å². The number of ether oxygens (including phenoxy) is 2. The fourth-order valence-electron chi connectivity index (χ4n) is 6.63. The zero-order valence-electron chi connectivity index (χ0n) is 38.0. The number of allylic oxidation sites excluding steroid dienone is 7. The highest BCUT2D eigenvalue weighted by Crippen LogP contribution is 2.30. The SMILES string of the molecule is C=CC=CC/C=C(\C)C(=Nc1ccc(N2CCCC2)cc1C)N(C(C)=O)c1ccc(OCSO/C(C=C)=C(/C=C(\C)C(=O)N2CCCC2/C=C/CC)OC)cc1.CC.CC. The first-order valence-electron chi connectivity index (χ1n) is 21.4.